The summed E-state index contributed by atoms with van der Waals surface area (Å²) in [6.45, 7) is 6.79. The van der Waals surface area contributed by atoms with Gasteiger partial charge in [0.25, 0.3) is 0 Å². The van der Waals surface area contributed by atoms with E-state index < -0.39 is 11.6 Å². The maximum atomic E-state index is 16.0. The molecule has 1 aliphatic heterocycles. The fraction of sp³-hybridized carbons (Fsp3) is 0.242. The highest BCUT2D eigenvalue weighted by Crippen LogP contribution is 2.47. The number of carbonyl (C=O) groups is 1. The maximum absolute atomic E-state index is 16.0. The van der Waals surface area contributed by atoms with Gasteiger partial charge in [-0.3, -0.25) is 14.2 Å². The standard InChI is InChI=1S/C33H29F2N7O3S/c1-5-27(43)41-7-8-42-25(18(41)2)15-24(39-42)31-29(28-23(35)13-21(34)14-26(28)45-10-9-44-4)32-22(6-11-46-32)30(38-31)19-12-20-17-37-40(3)33(20)36-16-19/h5-6,11-18H,1,7-10H2,2-4H3/t18-/m1/s1. The Morgan fingerprint density at radius 1 is 1.13 bits per heavy atom. The first-order valence-electron chi connectivity index (χ1n) is 14.6. The van der Waals surface area contributed by atoms with Crippen LogP contribution in [0.3, 0.4) is 0 Å². The van der Waals surface area contributed by atoms with Crippen molar-refractivity contribution in [2.24, 2.45) is 7.05 Å². The lowest BCUT2D eigenvalue weighted by molar-refractivity contribution is -0.129. The van der Waals surface area contributed by atoms with Crippen molar-refractivity contribution < 1.29 is 23.0 Å². The van der Waals surface area contributed by atoms with Gasteiger partial charge in [0.05, 0.1) is 42.3 Å². The van der Waals surface area contributed by atoms with Gasteiger partial charge < -0.3 is 14.4 Å². The lowest BCUT2D eigenvalue weighted by Gasteiger charge is -2.33. The number of amides is 1. The largest absolute Gasteiger partial charge is 0.490 e. The highest BCUT2D eigenvalue weighted by molar-refractivity contribution is 7.18. The van der Waals surface area contributed by atoms with Crippen LogP contribution in [0.25, 0.3) is 54.9 Å². The monoisotopic (exact) mass is 641 g/mol. The number of aryl methyl sites for hydroxylation is 1. The van der Waals surface area contributed by atoms with E-state index in [1.807, 2.05) is 42.2 Å². The van der Waals surface area contributed by atoms with E-state index in [4.69, 9.17) is 19.6 Å². The molecule has 1 amide bonds. The van der Waals surface area contributed by atoms with Crippen LogP contribution in [0.15, 0.2) is 60.8 Å². The zero-order valence-electron chi connectivity index (χ0n) is 25.3. The average Bonchev–Trinajstić information content (AvgIpc) is 3.79. The summed E-state index contributed by atoms with van der Waals surface area (Å²) in [7, 11) is 3.35. The van der Waals surface area contributed by atoms with Crippen molar-refractivity contribution in [2.75, 3.05) is 26.9 Å². The number of aromatic nitrogens is 6. The quantitative estimate of drug-likeness (QED) is 0.145. The minimum atomic E-state index is -0.795. The summed E-state index contributed by atoms with van der Waals surface area (Å²) in [5.41, 5.74) is 4.25. The maximum Gasteiger partial charge on any atom is 0.246 e. The Bertz CT molecular complexity index is 2150. The summed E-state index contributed by atoms with van der Waals surface area (Å²) in [5.74, 6) is -1.71. The number of nitrogens with zero attached hydrogens (tertiary/aromatic N) is 7. The molecule has 234 valence electrons. The van der Waals surface area contributed by atoms with Gasteiger partial charge in [-0.1, -0.05) is 6.58 Å². The summed E-state index contributed by atoms with van der Waals surface area (Å²) in [4.78, 5) is 24.1. The molecule has 0 radical (unpaired) electrons. The second-order valence-corrected chi connectivity index (χ2v) is 11.9. The number of fused-ring (bicyclic) bond motifs is 3. The van der Waals surface area contributed by atoms with Gasteiger partial charge in [-0.15, -0.1) is 11.3 Å². The lowest BCUT2D eigenvalue weighted by Crippen LogP contribution is -2.40. The van der Waals surface area contributed by atoms with E-state index in [0.717, 1.165) is 38.4 Å². The molecule has 6 aromatic rings. The van der Waals surface area contributed by atoms with Gasteiger partial charge in [0, 0.05) is 65.6 Å². The molecule has 0 spiro atoms. The highest BCUT2D eigenvalue weighted by Gasteiger charge is 2.31. The molecule has 0 unspecified atom stereocenters. The minimum absolute atomic E-state index is 0.0265. The average molecular weight is 642 g/mol. The van der Waals surface area contributed by atoms with Crippen LogP contribution in [0, 0.1) is 11.6 Å². The molecule has 10 nitrogen and oxygen atoms in total. The normalized spacial score (nSPS) is 14.6. The van der Waals surface area contributed by atoms with Crippen molar-refractivity contribution in [3.05, 3.63) is 78.1 Å². The first kappa shape index (κ1) is 29.7. The van der Waals surface area contributed by atoms with Crippen LogP contribution in [0.4, 0.5) is 8.78 Å². The van der Waals surface area contributed by atoms with Gasteiger partial charge >= 0.3 is 0 Å². The van der Waals surface area contributed by atoms with Gasteiger partial charge in [-0.05, 0) is 36.6 Å². The molecular weight excluding hydrogens is 612 g/mol. The number of ether oxygens (including phenoxy) is 2. The first-order chi connectivity index (χ1) is 22.3. The lowest BCUT2D eigenvalue weighted by atomic mass is 9.96. The summed E-state index contributed by atoms with van der Waals surface area (Å²) in [6, 6.07) is 7.49. The van der Waals surface area contributed by atoms with Gasteiger partial charge in [-0.2, -0.15) is 10.2 Å². The summed E-state index contributed by atoms with van der Waals surface area (Å²) in [5, 5.41) is 12.8. The van der Waals surface area contributed by atoms with Crippen molar-refractivity contribution in [3.8, 4) is 39.5 Å². The number of halogens is 2. The smallest absolute Gasteiger partial charge is 0.246 e. The minimum Gasteiger partial charge on any atom is -0.490 e. The number of hydrogen-bond donors (Lipinski definition) is 0. The fourth-order valence-corrected chi connectivity index (χ4v) is 6.96. The van der Waals surface area contributed by atoms with E-state index in [0.29, 0.717) is 35.7 Å². The molecule has 7 rings (SSSR count). The number of carbonyl (C=O) groups excluding carboxylic acids is 1. The summed E-state index contributed by atoms with van der Waals surface area (Å²) in [6.07, 6.45) is 4.78. The first-order valence-corrected chi connectivity index (χ1v) is 15.5. The van der Waals surface area contributed by atoms with Crippen LogP contribution in [0.2, 0.25) is 0 Å². The van der Waals surface area contributed by atoms with Gasteiger partial charge in [0.2, 0.25) is 5.91 Å². The Hall–Kier alpha value is -5.01. The zero-order chi connectivity index (χ0) is 32.1. The van der Waals surface area contributed by atoms with Gasteiger partial charge in [0.1, 0.15) is 35.4 Å². The second-order valence-electron chi connectivity index (χ2n) is 10.9. The number of methoxy groups -OCH3 is 1. The van der Waals surface area contributed by atoms with Crippen molar-refractivity contribution >= 4 is 38.4 Å². The molecule has 0 N–H and O–H groups in total. The Morgan fingerprint density at radius 3 is 2.78 bits per heavy atom. The molecule has 1 aromatic carbocycles. The topological polar surface area (TPSA) is 100 Å². The third-order valence-electron chi connectivity index (χ3n) is 8.23. The van der Waals surface area contributed by atoms with Crippen molar-refractivity contribution in [1.82, 2.24) is 34.4 Å². The second kappa shape index (κ2) is 11.7. The van der Waals surface area contributed by atoms with Crippen molar-refractivity contribution in [1.29, 1.82) is 0 Å². The van der Waals surface area contributed by atoms with Crippen molar-refractivity contribution in [2.45, 2.75) is 19.5 Å². The Balaban J connectivity index is 1.50. The molecule has 0 aliphatic carbocycles. The molecule has 13 heteroatoms. The molecule has 1 atom stereocenters. The molecule has 0 fully saturated rings. The highest BCUT2D eigenvalue weighted by atomic mass is 32.1. The Kier molecular flexibility index (Phi) is 7.57. The van der Waals surface area contributed by atoms with Crippen LogP contribution >= 0.6 is 11.3 Å². The molecule has 0 saturated heterocycles. The molecule has 1 aliphatic rings. The molecule has 5 aromatic heterocycles. The Labute approximate surface area is 266 Å². The number of rotatable bonds is 8. The zero-order valence-corrected chi connectivity index (χ0v) is 26.1. The molecule has 46 heavy (non-hydrogen) atoms. The molecule has 0 saturated carbocycles. The predicted octanol–water partition coefficient (Wildman–Crippen LogP) is 6.17. The molecule has 0 bridgehead atoms. The van der Waals surface area contributed by atoms with E-state index in [9.17, 15) is 9.18 Å². The third kappa shape index (κ3) is 4.92. The van der Waals surface area contributed by atoms with Crippen LogP contribution < -0.4 is 4.74 Å². The van der Waals surface area contributed by atoms with Crippen LogP contribution in [0.5, 0.6) is 5.75 Å². The SMILES string of the molecule is C=CC(=O)N1CCn2nc(-c3nc(-c4cnc5c(cnn5C)c4)c4ccsc4c3-c3c(F)cc(F)cc3OCCOC)cc2[C@H]1C. The molecule has 6 heterocycles. The predicted molar refractivity (Wildman–Crippen MR) is 171 cm³/mol. The van der Waals surface area contributed by atoms with Gasteiger partial charge in [-0.25, -0.2) is 18.7 Å². The van der Waals surface area contributed by atoms with E-state index in [1.165, 1.54) is 30.6 Å². The van der Waals surface area contributed by atoms with E-state index in [2.05, 4.69) is 16.7 Å². The summed E-state index contributed by atoms with van der Waals surface area (Å²) >= 11 is 1.41. The third-order valence-corrected chi connectivity index (χ3v) is 9.16. The van der Waals surface area contributed by atoms with Gasteiger partial charge in [0.15, 0.2) is 5.65 Å². The fourth-order valence-electron chi connectivity index (χ4n) is 6.01. The Morgan fingerprint density at radius 2 is 1.98 bits per heavy atom. The molecular formula is C33H29F2N7O3S. The number of hydrogen-bond acceptors (Lipinski definition) is 8. The van der Waals surface area contributed by atoms with E-state index in [-0.39, 0.29) is 36.5 Å². The summed E-state index contributed by atoms with van der Waals surface area (Å²) < 4.78 is 45.9. The number of pyridine rings is 2. The van der Waals surface area contributed by atoms with Crippen LogP contribution in [-0.2, 0) is 23.1 Å². The number of benzene rings is 1. The van der Waals surface area contributed by atoms with Crippen molar-refractivity contribution in [3.63, 3.8) is 0 Å². The van der Waals surface area contributed by atoms with E-state index >= 15 is 4.39 Å². The van der Waals surface area contributed by atoms with Crippen LogP contribution in [0.1, 0.15) is 18.7 Å². The number of thiophene rings is 1. The van der Waals surface area contributed by atoms with Crippen LogP contribution in [-0.4, -0.2) is 67.2 Å². The van der Waals surface area contributed by atoms with E-state index in [1.54, 1.807) is 22.0 Å².